The Morgan fingerprint density at radius 3 is 2.53 bits per heavy atom. The molecule has 6 nitrogen and oxygen atoms in total. The second kappa shape index (κ2) is 10.3. The first-order valence-corrected chi connectivity index (χ1v) is 12.7. The molecule has 2 saturated heterocycles. The van der Waals surface area contributed by atoms with Gasteiger partial charge < -0.3 is 25.2 Å². The summed E-state index contributed by atoms with van der Waals surface area (Å²) < 4.78 is 11.7. The summed E-state index contributed by atoms with van der Waals surface area (Å²) in [6, 6.07) is 22.3. The second-order valence-electron chi connectivity index (χ2n) is 10.2. The fourth-order valence-electron chi connectivity index (χ4n) is 5.14. The molecule has 3 aromatic carbocycles. The van der Waals surface area contributed by atoms with Crippen LogP contribution in [0.25, 0.3) is 11.1 Å². The van der Waals surface area contributed by atoms with Crippen LogP contribution in [-0.2, 0) is 22.6 Å². The molecule has 2 aliphatic rings. The summed E-state index contributed by atoms with van der Waals surface area (Å²) in [4.78, 5) is 13.7. The third-order valence-corrected chi connectivity index (χ3v) is 7.44. The molecule has 0 radical (unpaired) electrons. The van der Waals surface area contributed by atoms with Crippen LogP contribution in [0.5, 0.6) is 5.75 Å². The summed E-state index contributed by atoms with van der Waals surface area (Å²) >= 11 is 0. The Hall–Kier alpha value is -3.35. The van der Waals surface area contributed by atoms with E-state index in [0.717, 1.165) is 61.4 Å². The lowest BCUT2D eigenvalue weighted by atomic mass is 9.76. The molecule has 0 saturated carbocycles. The molecular weight excluding hydrogens is 452 g/mol. The lowest BCUT2D eigenvalue weighted by Crippen LogP contribution is -2.50. The zero-order valence-corrected chi connectivity index (χ0v) is 20.8. The van der Waals surface area contributed by atoms with Crippen LogP contribution in [0.4, 0.5) is 5.69 Å². The molecule has 0 aliphatic carbocycles. The summed E-state index contributed by atoms with van der Waals surface area (Å²) in [6.45, 7) is 6.15. The zero-order valence-electron chi connectivity index (χ0n) is 20.8. The van der Waals surface area contributed by atoms with Gasteiger partial charge in [-0.25, -0.2) is 0 Å². The van der Waals surface area contributed by atoms with Crippen molar-refractivity contribution in [2.75, 3.05) is 31.2 Å². The smallest absolute Gasteiger partial charge is 0.307 e. The molecule has 1 atom stereocenters. The van der Waals surface area contributed by atoms with Crippen LogP contribution in [0.3, 0.4) is 0 Å². The number of ether oxygens (including phenoxy) is 2. The SMILES string of the molecule is C[C@@H](N)c1cccc(-c2cc(COc3ccccc3CC(=O)O)cc(N3CCC4(CC3)COC4)c2)c1. The zero-order chi connectivity index (χ0) is 25.1. The number of anilines is 1. The van der Waals surface area contributed by atoms with E-state index in [1.54, 1.807) is 6.07 Å². The van der Waals surface area contributed by atoms with Gasteiger partial charge in [0.05, 0.1) is 19.6 Å². The third-order valence-electron chi connectivity index (χ3n) is 7.44. The van der Waals surface area contributed by atoms with E-state index in [1.807, 2.05) is 25.1 Å². The monoisotopic (exact) mass is 486 g/mol. The number of hydrogen-bond donors (Lipinski definition) is 2. The van der Waals surface area contributed by atoms with Crippen molar-refractivity contribution in [1.82, 2.24) is 0 Å². The molecule has 0 amide bonds. The molecule has 0 bridgehead atoms. The fourth-order valence-corrected chi connectivity index (χ4v) is 5.14. The number of benzene rings is 3. The normalized spacial score (nSPS) is 17.4. The highest BCUT2D eigenvalue weighted by Gasteiger charge is 2.41. The van der Waals surface area contributed by atoms with Crippen molar-refractivity contribution in [3.05, 3.63) is 83.4 Å². The predicted molar refractivity (Wildman–Crippen MR) is 141 cm³/mol. The van der Waals surface area contributed by atoms with Gasteiger partial charge in [-0.05, 0) is 72.4 Å². The molecule has 1 spiro atoms. The van der Waals surface area contributed by atoms with Gasteiger partial charge in [0.15, 0.2) is 0 Å². The van der Waals surface area contributed by atoms with Gasteiger partial charge in [0, 0.05) is 35.8 Å². The average molecular weight is 487 g/mol. The van der Waals surface area contributed by atoms with Crippen LogP contribution < -0.4 is 15.4 Å². The summed E-state index contributed by atoms with van der Waals surface area (Å²) in [5, 5.41) is 9.26. The first-order chi connectivity index (χ1) is 17.4. The number of nitrogens with zero attached hydrogens (tertiary/aromatic N) is 1. The van der Waals surface area contributed by atoms with Crippen molar-refractivity contribution < 1.29 is 19.4 Å². The maximum Gasteiger partial charge on any atom is 0.307 e. The molecular formula is C30H34N2O4. The molecule has 0 aromatic heterocycles. The Morgan fingerprint density at radius 2 is 1.83 bits per heavy atom. The van der Waals surface area contributed by atoms with Gasteiger partial charge in [0.2, 0.25) is 0 Å². The Bertz CT molecular complexity index is 1230. The van der Waals surface area contributed by atoms with E-state index in [2.05, 4.69) is 47.4 Å². The number of carboxylic acid groups (broad SMARTS) is 1. The van der Waals surface area contributed by atoms with Gasteiger partial charge in [0.25, 0.3) is 0 Å². The number of carbonyl (C=O) groups is 1. The number of rotatable bonds is 8. The summed E-state index contributed by atoms with van der Waals surface area (Å²) in [5.74, 6) is -0.264. The van der Waals surface area contributed by atoms with E-state index in [0.29, 0.717) is 23.3 Å². The number of piperidine rings is 1. The molecule has 0 unspecified atom stereocenters. The Labute approximate surface area is 212 Å². The van der Waals surface area contributed by atoms with Crippen LogP contribution in [0, 0.1) is 5.41 Å². The lowest BCUT2D eigenvalue weighted by Gasteiger charge is -2.48. The van der Waals surface area contributed by atoms with Gasteiger partial charge in [0.1, 0.15) is 12.4 Å². The van der Waals surface area contributed by atoms with Crippen molar-refractivity contribution in [3.63, 3.8) is 0 Å². The molecule has 6 heteroatoms. The standard InChI is InChI=1S/C30H34N2O4/c1-21(31)23-6-4-7-24(15-23)26-13-22(18-36-28-8-3-2-5-25(28)17-29(33)34)14-27(16-26)32-11-9-30(10-12-32)19-35-20-30/h2-8,13-16,21H,9-12,17-20,31H2,1H3,(H,33,34)/t21-/m1/s1. The molecule has 2 aliphatic heterocycles. The molecule has 5 rings (SSSR count). The highest BCUT2D eigenvalue weighted by molar-refractivity contribution is 5.72. The van der Waals surface area contributed by atoms with Crippen molar-refractivity contribution in [2.45, 2.75) is 38.8 Å². The summed E-state index contributed by atoms with van der Waals surface area (Å²) in [7, 11) is 0. The van der Waals surface area contributed by atoms with E-state index in [-0.39, 0.29) is 12.5 Å². The number of aliphatic carboxylic acids is 1. The van der Waals surface area contributed by atoms with E-state index >= 15 is 0 Å². The van der Waals surface area contributed by atoms with Gasteiger partial charge in [-0.15, -0.1) is 0 Å². The highest BCUT2D eigenvalue weighted by atomic mass is 16.5. The molecule has 3 N–H and O–H groups in total. The predicted octanol–water partition coefficient (Wildman–Crippen LogP) is 5.20. The van der Waals surface area contributed by atoms with Crippen LogP contribution in [0.15, 0.2) is 66.7 Å². The van der Waals surface area contributed by atoms with Crippen LogP contribution >= 0.6 is 0 Å². The van der Waals surface area contributed by atoms with E-state index < -0.39 is 5.97 Å². The summed E-state index contributed by atoms with van der Waals surface area (Å²) in [6.07, 6.45) is 2.22. The lowest BCUT2D eigenvalue weighted by molar-refractivity contribution is -0.136. The van der Waals surface area contributed by atoms with E-state index in [9.17, 15) is 9.90 Å². The van der Waals surface area contributed by atoms with Crippen molar-refractivity contribution in [1.29, 1.82) is 0 Å². The van der Waals surface area contributed by atoms with Crippen LogP contribution in [-0.4, -0.2) is 37.4 Å². The minimum absolute atomic E-state index is 0.0374. The molecule has 3 aromatic rings. The average Bonchev–Trinajstić information content (AvgIpc) is 2.87. The minimum atomic E-state index is -0.871. The Morgan fingerprint density at radius 1 is 1.06 bits per heavy atom. The van der Waals surface area contributed by atoms with E-state index in [4.69, 9.17) is 15.2 Å². The van der Waals surface area contributed by atoms with Crippen LogP contribution in [0.1, 0.15) is 42.5 Å². The van der Waals surface area contributed by atoms with Gasteiger partial charge in [-0.3, -0.25) is 4.79 Å². The molecule has 2 fully saturated rings. The van der Waals surface area contributed by atoms with Gasteiger partial charge in [-0.2, -0.15) is 0 Å². The quantitative estimate of drug-likeness (QED) is 0.455. The first kappa shape index (κ1) is 24.3. The second-order valence-corrected chi connectivity index (χ2v) is 10.2. The topological polar surface area (TPSA) is 85.0 Å². The Balaban J connectivity index is 1.43. The van der Waals surface area contributed by atoms with Crippen molar-refractivity contribution in [3.8, 4) is 16.9 Å². The third kappa shape index (κ3) is 5.40. The number of hydrogen-bond acceptors (Lipinski definition) is 5. The van der Waals surface area contributed by atoms with Crippen molar-refractivity contribution in [2.24, 2.45) is 11.1 Å². The van der Waals surface area contributed by atoms with Crippen LogP contribution in [0.2, 0.25) is 0 Å². The molecule has 36 heavy (non-hydrogen) atoms. The highest BCUT2D eigenvalue weighted by Crippen LogP contribution is 2.40. The number of nitrogens with two attached hydrogens (primary N) is 1. The van der Waals surface area contributed by atoms with Gasteiger partial charge >= 0.3 is 5.97 Å². The maximum atomic E-state index is 11.3. The van der Waals surface area contributed by atoms with E-state index in [1.165, 1.54) is 5.69 Å². The van der Waals surface area contributed by atoms with Gasteiger partial charge in [-0.1, -0.05) is 36.4 Å². The maximum absolute atomic E-state index is 11.3. The van der Waals surface area contributed by atoms with Crippen molar-refractivity contribution >= 4 is 11.7 Å². The largest absolute Gasteiger partial charge is 0.489 e. The summed E-state index contributed by atoms with van der Waals surface area (Å²) in [5.41, 5.74) is 12.8. The minimum Gasteiger partial charge on any atom is -0.489 e. The molecule has 188 valence electrons. The number of para-hydroxylation sites is 1. The number of carboxylic acids is 1. The first-order valence-electron chi connectivity index (χ1n) is 12.7. The fraction of sp³-hybridized carbons (Fsp3) is 0.367. The molecule has 2 heterocycles. The Kier molecular flexibility index (Phi) is 6.99.